The predicted molar refractivity (Wildman–Crippen MR) is 125 cm³/mol. The Morgan fingerprint density at radius 3 is 2.42 bits per heavy atom. The van der Waals surface area contributed by atoms with Crippen LogP contribution in [0.5, 0.6) is 0 Å². The number of carbonyl (C=O) groups excluding carboxylic acids is 3. The van der Waals surface area contributed by atoms with Gasteiger partial charge in [0.15, 0.2) is 11.5 Å². The maximum Gasteiger partial charge on any atom is 0.359 e. The van der Waals surface area contributed by atoms with Crippen molar-refractivity contribution >= 4 is 17.7 Å². The molecule has 5 rings (SSSR count). The van der Waals surface area contributed by atoms with E-state index < -0.39 is 58.5 Å². The molecule has 0 aliphatic heterocycles. The molecule has 1 N–H and O–H groups in total. The van der Waals surface area contributed by atoms with Crippen molar-refractivity contribution in [3.63, 3.8) is 0 Å². The van der Waals surface area contributed by atoms with Gasteiger partial charge in [-0.1, -0.05) is 39.2 Å². The average Bonchev–Trinajstić information content (AvgIpc) is 3.10. The summed E-state index contributed by atoms with van der Waals surface area (Å²) in [6.07, 6.45) is 5.46. The summed E-state index contributed by atoms with van der Waals surface area (Å²) < 4.78 is 32.6. The first-order chi connectivity index (χ1) is 16.9. The standard InChI is InChI=1S/C28H36F2O6/c1-15-11-18-19-13-21(29)20-12-17(31)9-10-27(20,3)28(19,30)22(32)14-26(18,2)23(15)25(34)36-35-24(33)16-7-5-4-6-8-16/h9-10,12,15-16,18-19,21-23,32H,4-8,11,13-14H2,1-3H3/t15-,18+,19+,21+,22+,23-,26+,27+,28+/m1/s1. The molecule has 0 aromatic heterocycles. The lowest BCUT2D eigenvalue weighted by Crippen LogP contribution is -2.68. The molecule has 0 spiro atoms. The molecule has 0 bridgehead atoms. The zero-order chi connectivity index (χ0) is 26.0. The molecule has 4 fully saturated rings. The molecular formula is C28H36F2O6. The van der Waals surface area contributed by atoms with E-state index in [1.54, 1.807) is 6.92 Å². The summed E-state index contributed by atoms with van der Waals surface area (Å²) in [5.41, 5.74) is -4.43. The second-order valence-corrected chi connectivity index (χ2v) is 12.3. The van der Waals surface area contributed by atoms with Gasteiger partial charge in [-0.25, -0.2) is 28.1 Å². The largest absolute Gasteiger partial charge is 0.390 e. The van der Waals surface area contributed by atoms with E-state index in [2.05, 4.69) is 0 Å². The number of hydrogen-bond acceptors (Lipinski definition) is 6. The van der Waals surface area contributed by atoms with E-state index in [0.29, 0.717) is 19.3 Å². The molecule has 0 heterocycles. The molecule has 0 saturated heterocycles. The van der Waals surface area contributed by atoms with Crippen LogP contribution in [0.25, 0.3) is 0 Å². The van der Waals surface area contributed by atoms with Crippen molar-refractivity contribution < 1.29 is 38.0 Å². The van der Waals surface area contributed by atoms with E-state index >= 15 is 8.78 Å². The van der Waals surface area contributed by atoms with Crippen LogP contribution in [-0.2, 0) is 24.2 Å². The van der Waals surface area contributed by atoms with Gasteiger partial charge in [-0.3, -0.25) is 4.79 Å². The van der Waals surface area contributed by atoms with Crippen molar-refractivity contribution in [1.29, 1.82) is 0 Å². The van der Waals surface area contributed by atoms with Gasteiger partial charge in [0.05, 0.1) is 17.9 Å². The number of allylic oxidation sites excluding steroid dienone is 4. The number of ketones is 1. The van der Waals surface area contributed by atoms with Gasteiger partial charge in [-0.15, -0.1) is 0 Å². The summed E-state index contributed by atoms with van der Waals surface area (Å²) in [6.45, 7) is 5.26. The Hall–Kier alpha value is -2.09. The summed E-state index contributed by atoms with van der Waals surface area (Å²) in [5, 5.41) is 11.3. The Balaban J connectivity index is 1.40. The molecule has 9 atom stereocenters. The number of halogens is 2. The summed E-state index contributed by atoms with van der Waals surface area (Å²) in [4.78, 5) is 47.6. The minimum atomic E-state index is -2.19. The minimum Gasteiger partial charge on any atom is -0.390 e. The summed E-state index contributed by atoms with van der Waals surface area (Å²) in [7, 11) is 0. The highest BCUT2D eigenvalue weighted by Gasteiger charge is 2.73. The fraction of sp³-hybridized carbons (Fsp3) is 0.750. The Morgan fingerprint density at radius 2 is 1.72 bits per heavy atom. The third-order valence-electron chi connectivity index (χ3n) is 10.4. The van der Waals surface area contributed by atoms with Crippen LogP contribution in [0.4, 0.5) is 8.78 Å². The van der Waals surface area contributed by atoms with E-state index in [4.69, 9.17) is 9.78 Å². The van der Waals surface area contributed by atoms with E-state index in [1.165, 1.54) is 18.2 Å². The van der Waals surface area contributed by atoms with E-state index in [-0.39, 0.29) is 36.0 Å². The van der Waals surface area contributed by atoms with Crippen LogP contribution in [0.2, 0.25) is 0 Å². The molecule has 6 nitrogen and oxygen atoms in total. The normalized spacial score (nSPS) is 46.3. The van der Waals surface area contributed by atoms with E-state index in [0.717, 1.165) is 19.3 Å². The Bertz CT molecular complexity index is 1020. The van der Waals surface area contributed by atoms with Gasteiger partial charge >= 0.3 is 11.9 Å². The first-order valence-corrected chi connectivity index (χ1v) is 13.3. The molecule has 36 heavy (non-hydrogen) atoms. The lowest BCUT2D eigenvalue weighted by Gasteiger charge is -2.62. The Kier molecular flexibility index (Phi) is 6.21. The van der Waals surface area contributed by atoms with Crippen molar-refractivity contribution in [2.45, 2.75) is 90.1 Å². The number of carbonyl (C=O) groups is 3. The highest BCUT2D eigenvalue weighted by atomic mass is 19.1. The van der Waals surface area contributed by atoms with Crippen LogP contribution in [0, 0.1) is 40.4 Å². The fourth-order valence-electron chi connectivity index (χ4n) is 8.61. The molecule has 5 aliphatic rings. The summed E-state index contributed by atoms with van der Waals surface area (Å²) in [5.74, 6) is -4.11. The lowest BCUT2D eigenvalue weighted by molar-refractivity contribution is -0.271. The molecular weight excluding hydrogens is 470 g/mol. The second-order valence-electron chi connectivity index (χ2n) is 12.3. The molecule has 5 aliphatic carbocycles. The summed E-state index contributed by atoms with van der Waals surface area (Å²) in [6, 6.07) is 0. The SMILES string of the molecule is C[C@@H]1C[C@H]2[C@@H]3C[C@H](F)C4=CC(=O)C=C[C@]4(C)[C@@]3(F)[C@@H](O)C[C@]2(C)[C@H]1C(=O)OOC(=O)C1CCCCC1. The zero-order valence-corrected chi connectivity index (χ0v) is 21.2. The number of aliphatic hydroxyl groups is 1. The maximum absolute atomic E-state index is 17.1. The van der Waals surface area contributed by atoms with Crippen molar-refractivity contribution in [2.24, 2.45) is 40.4 Å². The van der Waals surface area contributed by atoms with Crippen LogP contribution in [0.3, 0.4) is 0 Å². The number of hydrogen-bond donors (Lipinski definition) is 1. The maximum atomic E-state index is 17.1. The average molecular weight is 507 g/mol. The predicted octanol–water partition coefficient (Wildman–Crippen LogP) is 4.75. The van der Waals surface area contributed by atoms with Gasteiger partial charge < -0.3 is 5.11 Å². The summed E-state index contributed by atoms with van der Waals surface area (Å²) >= 11 is 0. The lowest BCUT2D eigenvalue weighted by atomic mass is 9.45. The zero-order valence-electron chi connectivity index (χ0n) is 21.2. The smallest absolute Gasteiger partial charge is 0.359 e. The highest BCUT2D eigenvalue weighted by Crippen LogP contribution is 2.70. The van der Waals surface area contributed by atoms with Crippen LogP contribution in [0.1, 0.15) is 72.1 Å². The first-order valence-electron chi connectivity index (χ1n) is 13.3. The van der Waals surface area contributed by atoms with Crippen molar-refractivity contribution in [3.8, 4) is 0 Å². The topological polar surface area (TPSA) is 89.9 Å². The first kappa shape index (κ1) is 25.6. The minimum absolute atomic E-state index is 0.0209. The molecule has 8 heteroatoms. The Labute approximate surface area is 210 Å². The van der Waals surface area contributed by atoms with Crippen LogP contribution in [-0.4, -0.2) is 40.8 Å². The van der Waals surface area contributed by atoms with Gasteiger partial charge in [0, 0.05) is 11.3 Å². The van der Waals surface area contributed by atoms with Gasteiger partial charge in [0.25, 0.3) is 0 Å². The molecule has 198 valence electrons. The van der Waals surface area contributed by atoms with Crippen molar-refractivity contribution in [2.75, 3.05) is 0 Å². The van der Waals surface area contributed by atoms with Gasteiger partial charge in [-0.2, -0.15) is 0 Å². The van der Waals surface area contributed by atoms with Gasteiger partial charge in [0.1, 0.15) is 6.17 Å². The van der Waals surface area contributed by atoms with Crippen molar-refractivity contribution in [1.82, 2.24) is 0 Å². The Morgan fingerprint density at radius 1 is 1.06 bits per heavy atom. The van der Waals surface area contributed by atoms with Crippen LogP contribution >= 0.6 is 0 Å². The molecule has 0 unspecified atom stereocenters. The van der Waals surface area contributed by atoms with Crippen LogP contribution in [0.15, 0.2) is 23.8 Å². The highest BCUT2D eigenvalue weighted by molar-refractivity contribution is 6.01. The van der Waals surface area contributed by atoms with Crippen molar-refractivity contribution in [3.05, 3.63) is 23.8 Å². The number of alkyl halides is 2. The molecule has 0 radical (unpaired) electrons. The quantitative estimate of drug-likeness (QED) is 0.430. The number of aliphatic hydroxyl groups excluding tert-OH is 1. The third kappa shape index (κ3) is 3.53. The monoisotopic (exact) mass is 506 g/mol. The van der Waals surface area contributed by atoms with Crippen LogP contribution < -0.4 is 0 Å². The molecule has 0 aromatic carbocycles. The fourth-order valence-corrected chi connectivity index (χ4v) is 8.61. The van der Waals surface area contributed by atoms with E-state index in [9.17, 15) is 19.5 Å². The second kappa shape index (κ2) is 8.74. The molecule has 0 amide bonds. The molecule has 0 aromatic rings. The molecule has 4 saturated carbocycles. The van der Waals surface area contributed by atoms with Gasteiger partial charge in [-0.05, 0) is 74.0 Å². The number of rotatable bonds is 2. The number of fused-ring (bicyclic) bond motifs is 5. The third-order valence-corrected chi connectivity index (χ3v) is 10.4. The van der Waals surface area contributed by atoms with E-state index in [1.807, 2.05) is 13.8 Å². The van der Waals surface area contributed by atoms with Gasteiger partial charge in [0.2, 0.25) is 0 Å².